The molecule has 0 aliphatic carbocycles. The minimum atomic E-state index is -0.672. The smallest absolute Gasteiger partial charge is 0.348 e. The summed E-state index contributed by atoms with van der Waals surface area (Å²) in [4.78, 5) is 50.9. The van der Waals surface area contributed by atoms with Crippen LogP contribution >= 0.6 is 11.3 Å². The van der Waals surface area contributed by atoms with Crippen LogP contribution in [-0.2, 0) is 25.5 Å². The van der Waals surface area contributed by atoms with Crippen molar-refractivity contribution in [3.05, 3.63) is 56.3 Å². The van der Waals surface area contributed by atoms with E-state index in [9.17, 15) is 24.4 Å². The number of allylic oxidation sites excluding steroid dienone is 1. The third-order valence-electron chi connectivity index (χ3n) is 4.79. The highest BCUT2D eigenvalue weighted by atomic mass is 32.1. The maximum absolute atomic E-state index is 13.1. The fourth-order valence-corrected chi connectivity index (χ4v) is 4.60. The van der Waals surface area contributed by atoms with Crippen LogP contribution in [0.25, 0.3) is 5.57 Å². The van der Waals surface area contributed by atoms with Crippen molar-refractivity contribution < 1.29 is 28.7 Å². The van der Waals surface area contributed by atoms with E-state index in [1.54, 1.807) is 45.0 Å². The first kappa shape index (κ1) is 22.9. The molecule has 9 heteroatoms. The molecule has 0 saturated carbocycles. The Hall–Kier alpha value is -3.77. The number of fused-ring (bicyclic) bond motifs is 1. The van der Waals surface area contributed by atoms with Crippen LogP contribution in [0.15, 0.2) is 29.8 Å². The maximum atomic E-state index is 13.1. The number of nitriles is 1. The van der Waals surface area contributed by atoms with E-state index in [1.807, 2.05) is 6.07 Å². The van der Waals surface area contributed by atoms with E-state index in [2.05, 4.69) is 5.32 Å². The number of hydrogen-bond donors (Lipinski definition) is 1. The molecule has 0 atom stereocenters. The number of carbonyl (C=O) groups is 4. The largest absolute Gasteiger partial charge is 0.462 e. The van der Waals surface area contributed by atoms with E-state index in [0.717, 1.165) is 11.3 Å². The van der Waals surface area contributed by atoms with Crippen LogP contribution < -0.4 is 5.32 Å². The molecule has 164 valence electrons. The number of nitrogens with zero attached hydrogens (tertiary/aromatic N) is 1. The number of Topliss-reactive ketones (excluding diaryl/α,β-unsaturated/α-hetero) is 1. The lowest BCUT2D eigenvalue weighted by molar-refractivity contribution is -0.115. The Balaban J connectivity index is 2.06. The van der Waals surface area contributed by atoms with Gasteiger partial charge in [-0.2, -0.15) is 5.26 Å². The van der Waals surface area contributed by atoms with Gasteiger partial charge in [0.1, 0.15) is 16.5 Å². The zero-order valence-corrected chi connectivity index (χ0v) is 18.6. The molecule has 1 aliphatic rings. The molecule has 1 amide bonds. The van der Waals surface area contributed by atoms with Crippen LogP contribution in [0.2, 0.25) is 0 Å². The van der Waals surface area contributed by atoms with Gasteiger partial charge >= 0.3 is 11.9 Å². The predicted octanol–water partition coefficient (Wildman–Crippen LogP) is 3.45. The number of esters is 2. The molecule has 8 nitrogen and oxygen atoms in total. The topological polar surface area (TPSA) is 123 Å². The van der Waals surface area contributed by atoms with E-state index in [1.165, 1.54) is 0 Å². The van der Waals surface area contributed by atoms with E-state index in [0.29, 0.717) is 16.8 Å². The quantitative estimate of drug-likeness (QED) is 0.388. The first-order valence-corrected chi connectivity index (χ1v) is 10.7. The summed E-state index contributed by atoms with van der Waals surface area (Å²) >= 11 is 0.945. The van der Waals surface area contributed by atoms with Gasteiger partial charge < -0.3 is 14.8 Å². The second kappa shape index (κ2) is 9.58. The number of carbonyl (C=O) groups excluding carboxylic acids is 4. The lowest BCUT2D eigenvalue weighted by Gasteiger charge is -2.06. The second-order valence-electron chi connectivity index (χ2n) is 6.76. The molecular formula is C23H20N2O6S. The van der Waals surface area contributed by atoms with Crippen LogP contribution in [-0.4, -0.2) is 36.8 Å². The summed E-state index contributed by atoms with van der Waals surface area (Å²) in [5, 5.41) is 12.3. The van der Waals surface area contributed by atoms with E-state index >= 15 is 0 Å². The van der Waals surface area contributed by atoms with E-state index in [4.69, 9.17) is 9.47 Å². The number of anilines is 1. The molecule has 2 heterocycles. The molecule has 0 bridgehead atoms. The molecule has 0 radical (unpaired) electrons. The molecule has 0 fully saturated rings. The van der Waals surface area contributed by atoms with Gasteiger partial charge in [-0.3, -0.25) is 9.59 Å². The third-order valence-corrected chi connectivity index (χ3v) is 6.07. The molecule has 1 aliphatic heterocycles. The maximum Gasteiger partial charge on any atom is 0.348 e. The zero-order chi connectivity index (χ0) is 23.4. The summed E-state index contributed by atoms with van der Waals surface area (Å²) in [6.45, 7) is 5.14. The molecule has 3 rings (SSSR count). The van der Waals surface area contributed by atoms with Crippen LogP contribution in [0.5, 0.6) is 0 Å². The molecule has 0 unspecified atom stereocenters. The molecule has 32 heavy (non-hydrogen) atoms. The Morgan fingerprint density at radius 3 is 2.41 bits per heavy atom. The minimum absolute atomic E-state index is 0.00956. The number of amides is 1. The molecule has 0 saturated heterocycles. The Kier molecular flexibility index (Phi) is 6.85. The predicted molar refractivity (Wildman–Crippen MR) is 117 cm³/mol. The van der Waals surface area contributed by atoms with Gasteiger partial charge in [-0.05, 0) is 32.4 Å². The summed E-state index contributed by atoms with van der Waals surface area (Å²) < 4.78 is 10.1. The van der Waals surface area contributed by atoms with Crippen LogP contribution in [0.3, 0.4) is 0 Å². The molecule has 1 aromatic carbocycles. The standard InChI is InChI=1S/C23H20N2O6S/c1-4-30-22(28)18-12(3)20(23(29)31-5-2)32-17(18)10-16(26)14(11-24)19-13-8-6-7-9-15(13)25-21(19)27/h6-9H,4-5,10H2,1-3H3,(H,25,27). The van der Waals surface area contributed by atoms with Gasteiger partial charge in [0.25, 0.3) is 5.91 Å². The fraction of sp³-hybridized carbons (Fsp3) is 0.261. The number of benzene rings is 1. The Morgan fingerprint density at radius 1 is 1.09 bits per heavy atom. The highest BCUT2D eigenvalue weighted by molar-refractivity contribution is 7.14. The van der Waals surface area contributed by atoms with Crippen LogP contribution in [0.1, 0.15) is 49.9 Å². The van der Waals surface area contributed by atoms with Gasteiger partial charge in [0.2, 0.25) is 0 Å². The Labute approximate surface area is 188 Å². The first-order valence-electron chi connectivity index (χ1n) is 9.88. The van der Waals surface area contributed by atoms with Crippen molar-refractivity contribution in [1.29, 1.82) is 5.26 Å². The van der Waals surface area contributed by atoms with E-state index in [-0.39, 0.29) is 46.1 Å². The lowest BCUT2D eigenvalue weighted by Crippen LogP contribution is -2.14. The molecule has 0 spiro atoms. The normalized spacial score (nSPS) is 13.6. The van der Waals surface area contributed by atoms with Crippen LogP contribution in [0.4, 0.5) is 5.69 Å². The number of rotatable bonds is 7. The summed E-state index contributed by atoms with van der Waals surface area (Å²) in [6.07, 6.45) is -0.346. The fourth-order valence-electron chi connectivity index (χ4n) is 3.42. The summed E-state index contributed by atoms with van der Waals surface area (Å²) in [6, 6.07) is 8.59. The number of thiophene rings is 1. The third kappa shape index (κ3) is 4.18. The van der Waals surface area contributed by atoms with Gasteiger partial charge in [-0.15, -0.1) is 11.3 Å². The Bertz CT molecular complexity index is 1200. The summed E-state index contributed by atoms with van der Waals surface area (Å²) in [7, 11) is 0. The average molecular weight is 452 g/mol. The van der Waals surface area contributed by atoms with Crippen molar-refractivity contribution in [1.82, 2.24) is 0 Å². The number of ether oxygens (including phenoxy) is 2. The molecule has 2 aromatic rings. The highest BCUT2D eigenvalue weighted by Gasteiger charge is 2.32. The van der Waals surface area contributed by atoms with Crippen molar-refractivity contribution in [3.63, 3.8) is 0 Å². The van der Waals surface area contributed by atoms with E-state index < -0.39 is 23.6 Å². The number of hydrogen-bond acceptors (Lipinski definition) is 8. The van der Waals surface area contributed by atoms with Gasteiger partial charge in [-0.25, -0.2) is 9.59 Å². The van der Waals surface area contributed by atoms with Gasteiger partial charge in [0, 0.05) is 22.5 Å². The minimum Gasteiger partial charge on any atom is -0.462 e. The number of para-hydroxylation sites is 1. The molecule has 1 N–H and O–H groups in total. The van der Waals surface area contributed by atoms with Crippen LogP contribution in [0, 0.1) is 18.3 Å². The molecule has 1 aromatic heterocycles. The number of ketones is 1. The Morgan fingerprint density at radius 2 is 1.75 bits per heavy atom. The monoisotopic (exact) mass is 452 g/mol. The van der Waals surface area contributed by atoms with Gasteiger partial charge in [0.15, 0.2) is 5.78 Å². The SMILES string of the molecule is CCOC(=O)c1sc(CC(=O)C(C#N)=C2C(=O)Nc3ccccc32)c(C(=O)OCC)c1C. The summed E-state index contributed by atoms with van der Waals surface area (Å²) in [5.74, 6) is -2.47. The van der Waals surface area contributed by atoms with Gasteiger partial charge in [0.05, 0.1) is 24.4 Å². The highest BCUT2D eigenvalue weighted by Crippen LogP contribution is 2.35. The van der Waals surface area contributed by atoms with Crippen molar-refractivity contribution in [3.8, 4) is 6.07 Å². The van der Waals surface area contributed by atoms with Crippen molar-refractivity contribution >= 4 is 46.2 Å². The van der Waals surface area contributed by atoms with Gasteiger partial charge in [-0.1, -0.05) is 18.2 Å². The summed E-state index contributed by atoms with van der Waals surface area (Å²) in [5.41, 5.74) is 1.10. The van der Waals surface area contributed by atoms with Crippen molar-refractivity contribution in [2.24, 2.45) is 0 Å². The lowest BCUT2D eigenvalue weighted by atomic mass is 9.96. The van der Waals surface area contributed by atoms with Crippen molar-refractivity contribution in [2.75, 3.05) is 18.5 Å². The second-order valence-corrected chi connectivity index (χ2v) is 7.86. The zero-order valence-electron chi connectivity index (χ0n) is 17.7. The first-order chi connectivity index (χ1) is 15.3. The molecular weight excluding hydrogens is 432 g/mol. The van der Waals surface area contributed by atoms with Crippen molar-refractivity contribution in [2.45, 2.75) is 27.2 Å². The average Bonchev–Trinajstić information content (AvgIpc) is 3.25. The number of nitrogens with one attached hydrogen (secondary N) is 1.